The number of hydrogen-bond acceptors (Lipinski definition) is 0. The summed E-state index contributed by atoms with van der Waals surface area (Å²) in [5.74, 6) is 0.561. The summed E-state index contributed by atoms with van der Waals surface area (Å²) in [6, 6.07) is 4.84. The third-order valence-electron chi connectivity index (χ3n) is 3.43. The fourth-order valence-electron chi connectivity index (χ4n) is 2.40. The Kier molecular flexibility index (Phi) is 3.50. The van der Waals surface area contributed by atoms with Crippen molar-refractivity contribution in [3.63, 3.8) is 0 Å². The van der Waals surface area contributed by atoms with Gasteiger partial charge in [0.15, 0.2) is 0 Å². The third kappa shape index (κ3) is 2.09. The van der Waals surface area contributed by atoms with E-state index in [-0.39, 0.29) is 0 Å². The highest BCUT2D eigenvalue weighted by molar-refractivity contribution is 7.50. The zero-order valence-electron chi connectivity index (χ0n) is 10.7. The van der Waals surface area contributed by atoms with Gasteiger partial charge in [-0.05, 0) is 41.3 Å². The van der Waals surface area contributed by atoms with Crippen LogP contribution in [0.15, 0.2) is 24.3 Å². The molecular weight excluding hydrogens is 211 g/mol. The van der Waals surface area contributed by atoms with Crippen molar-refractivity contribution >= 4 is 13.9 Å². The number of allylic oxidation sites excluding steroid dienone is 2. The molecule has 0 fully saturated rings. The molecule has 1 aliphatic rings. The lowest BCUT2D eigenvalue weighted by atomic mass is 9.93. The summed E-state index contributed by atoms with van der Waals surface area (Å²) in [4.78, 5) is 0. The van der Waals surface area contributed by atoms with Gasteiger partial charge in [0.1, 0.15) is 0 Å². The van der Waals surface area contributed by atoms with Crippen LogP contribution in [0, 0.1) is 6.92 Å². The van der Waals surface area contributed by atoms with Gasteiger partial charge in [0.2, 0.25) is 0 Å². The van der Waals surface area contributed by atoms with Crippen molar-refractivity contribution in [1.29, 1.82) is 0 Å². The van der Waals surface area contributed by atoms with Gasteiger partial charge in [-0.1, -0.05) is 53.6 Å². The SMILES string of the molecule is CCC=CC(C)c1cc2c(cc1C)C(C)P2. The molecule has 0 saturated carbocycles. The quantitative estimate of drug-likeness (QED) is 0.533. The average Bonchev–Trinajstić information content (AvgIpc) is 2.27. The predicted octanol–water partition coefficient (Wildman–Crippen LogP) is 4.44. The smallest absolute Gasteiger partial charge is 0.00327 e. The lowest BCUT2D eigenvalue weighted by Gasteiger charge is -2.29. The molecule has 0 aliphatic carbocycles. The van der Waals surface area contributed by atoms with Gasteiger partial charge in [-0.25, -0.2) is 0 Å². The average molecular weight is 232 g/mol. The van der Waals surface area contributed by atoms with E-state index in [1.165, 1.54) is 11.1 Å². The molecule has 0 aromatic heterocycles. The van der Waals surface area contributed by atoms with Crippen molar-refractivity contribution < 1.29 is 0 Å². The molecule has 0 saturated heterocycles. The second-order valence-corrected chi connectivity index (χ2v) is 6.48. The second-order valence-electron chi connectivity index (χ2n) is 4.79. The number of rotatable bonds is 3. The van der Waals surface area contributed by atoms with Crippen LogP contribution in [0.4, 0.5) is 0 Å². The summed E-state index contributed by atoms with van der Waals surface area (Å²) in [7, 11) is 1.03. The molecule has 86 valence electrons. The van der Waals surface area contributed by atoms with Crippen LogP contribution in [0.1, 0.15) is 55.5 Å². The van der Waals surface area contributed by atoms with Gasteiger partial charge in [-0.3, -0.25) is 0 Å². The maximum atomic E-state index is 2.44. The topological polar surface area (TPSA) is 0 Å². The highest BCUT2D eigenvalue weighted by Crippen LogP contribution is 2.45. The fourth-order valence-corrected chi connectivity index (χ4v) is 3.73. The van der Waals surface area contributed by atoms with Crippen molar-refractivity contribution in [3.05, 3.63) is 41.0 Å². The maximum absolute atomic E-state index is 2.44. The molecule has 1 heterocycles. The normalized spacial score (nSPS) is 22.1. The van der Waals surface area contributed by atoms with E-state index in [1.54, 1.807) is 10.9 Å². The Balaban J connectivity index is 2.29. The van der Waals surface area contributed by atoms with E-state index in [9.17, 15) is 0 Å². The minimum Gasteiger partial charge on any atom is -0.0882 e. The summed E-state index contributed by atoms with van der Waals surface area (Å²) in [5, 5.41) is 1.60. The monoisotopic (exact) mass is 232 g/mol. The van der Waals surface area contributed by atoms with Crippen molar-refractivity contribution in [2.45, 2.75) is 45.7 Å². The van der Waals surface area contributed by atoms with Crippen LogP contribution < -0.4 is 5.30 Å². The van der Waals surface area contributed by atoms with Crippen LogP contribution in [0.25, 0.3) is 0 Å². The van der Waals surface area contributed by atoms with Gasteiger partial charge >= 0.3 is 0 Å². The van der Waals surface area contributed by atoms with Gasteiger partial charge in [-0.15, -0.1) is 0 Å². The zero-order valence-corrected chi connectivity index (χ0v) is 11.7. The summed E-state index contributed by atoms with van der Waals surface area (Å²) < 4.78 is 0. The molecule has 2 rings (SSSR count). The number of aryl methyl sites for hydroxylation is 1. The van der Waals surface area contributed by atoms with Crippen molar-refractivity contribution in [1.82, 2.24) is 0 Å². The summed E-state index contributed by atoms with van der Waals surface area (Å²) >= 11 is 0. The fraction of sp³-hybridized carbons (Fsp3) is 0.467. The first-order chi connectivity index (χ1) is 7.63. The van der Waals surface area contributed by atoms with Gasteiger partial charge < -0.3 is 0 Å². The molecule has 1 heteroatoms. The van der Waals surface area contributed by atoms with Gasteiger partial charge in [0, 0.05) is 5.66 Å². The maximum Gasteiger partial charge on any atom is 0.00327 e. The van der Waals surface area contributed by atoms with Gasteiger partial charge in [-0.2, -0.15) is 0 Å². The third-order valence-corrected chi connectivity index (χ3v) is 4.92. The second kappa shape index (κ2) is 4.72. The standard InChI is InChI=1S/C15H21P/c1-5-6-7-10(2)13-9-15-14(8-11(13)3)12(4)16-15/h6-10,12,16H,5H2,1-4H3. The first-order valence-corrected chi connectivity index (χ1v) is 7.28. The number of fused-ring (bicyclic) bond motifs is 1. The van der Waals surface area contributed by atoms with Crippen molar-refractivity contribution in [2.24, 2.45) is 0 Å². The number of benzene rings is 1. The van der Waals surface area contributed by atoms with Crippen molar-refractivity contribution in [2.75, 3.05) is 0 Å². The Hall–Kier alpha value is -0.610. The Labute approximate surface area is 101 Å². The van der Waals surface area contributed by atoms with Crippen LogP contribution >= 0.6 is 8.58 Å². The molecule has 16 heavy (non-hydrogen) atoms. The van der Waals surface area contributed by atoms with E-state index in [1.807, 2.05) is 0 Å². The van der Waals surface area contributed by atoms with Crippen LogP contribution in [0.3, 0.4) is 0 Å². The predicted molar refractivity (Wildman–Crippen MR) is 75.4 cm³/mol. The van der Waals surface area contributed by atoms with Crippen LogP contribution in [0.5, 0.6) is 0 Å². The van der Waals surface area contributed by atoms with E-state index in [0.717, 1.165) is 20.7 Å². The number of hydrogen-bond donors (Lipinski definition) is 0. The lowest BCUT2D eigenvalue weighted by molar-refractivity contribution is 0.936. The van der Waals surface area contributed by atoms with Crippen molar-refractivity contribution in [3.8, 4) is 0 Å². The molecule has 0 spiro atoms. The highest BCUT2D eigenvalue weighted by atomic mass is 31.1. The van der Waals surface area contributed by atoms with E-state index < -0.39 is 0 Å². The van der Waals surface area contributed by atoms with Crippen LogP contribution in [-0.2, 0) is 0 Å². The Bertz CT molecular complexity index is 418. The largest absolute Gasteiger partial charge is 0.0882 e. The first kappa shape index (κ1) is 11.9. The molecule has 0 nitrogen and oxygen atoms in total. The molecule has 1 aromatic rings. The Morgan fingerprint density at radius 2 is 2.19 bits per heavy atom. The van der Waals surface area contributed by atoms with E-state index in [0.29, 0.717) is 5.92 Å². The molecule has 1 aromatic carbocycles. The molecule has 3 unspecified atom stereocenters. The van der Waals surface area contributed by atoms with E-state index >= 15 is 0 Å². The molecule has 0 amide bonds. The minimum atomic E-state index is 0.561. The summed E-state index contributed by atoms with van der Waals surface area (Å²) in [6.45, 7) is 9.07. The van der Waals surface area contributed by atoms with Crippen LogP contribution in [-0.4, -0.2) is 0 Å². The minimum absolute atomic E-state index is 0.561. The van der Waals surface area contributed by atoms with E-state index in [4.69, 9.17) is 0 Å². The molecular formula is C15H21P. The molecule has 1 aliphatic heterocycles. The lowest BCUT2D eigenvalue weighted by Crippen LogP contribution is -2.19. The molecule has 0 N–H and O–H groups in total. The van der Waals surface area contributed by atoms with Gasteiger partial charge in [0.25, 0.3) is 0 Å². The molecule has 0 radical (unpaired) electrons. The summed E-state index contributed by atoms with van der Waals surface area (Å²) in [6.07, 6.45) is 5.74. The first-order valence-electron chi connectivity index (χ1n) is 6.21. The highest BCUT2D eigenvalue weighted by Gasteiger charge is 2.23. The molecule has 0 bridgehead atoms. The Morgan fingerprint density at radius 1 is 1.44 bits per heavy atom. The molecule has 3 atom stereocenters. The summed E-state index contributed by atoms with van der Waals surface area (Å²) in [5.41, 5.74) is 5.38. The Morgan fingerprint density at radius 3 is 2.81 bits per heavy atom. The van der Waals surface area contributed by atoms with Gasteiger partial charge in [0.05, 0.1) is 0 Å². The van der Waals surface area contributed by atoms with E-state index in [2.05, 4.69) is 52.0 Å². The van der Waals surface area contributed by atoms with Crippen LogP contribution in [0.2, 0.25) is 0 Å². The zero-order chi connectivity index (χ0) is 11.7.